The average Bonchev–Trinajstić information content (AvgIpc) is 3.53. The molecule has 4 rings (SSSR count). The van der Waals surface area contributed by atoms with Crippen molar-refractivity contribution in [3.63, 3.8) is 0 Å². The molecule has 9 nitrogen and oxygen atoms in total. The molecule has 0 bridgehead atoms. The van der Waals surface area contributed by atoms with E-state index in [9.17, 15) is 50.8 Å². The highest BCUT2D eigenvalue weighted by molar-refractivity contribution is 5.95. The van der Waals surface area contributed by atoms with Crippen LogP contribution in [0.1, 0.15) is 40.5 Å². The molecule has 216 valence electrons. The van der Waals surface area contributed by atoms with Crippen LogP contribution in [0.5, 0.6) is 0 Å². The summed E-state index contributed by atoms with van der Waals surface area (Å²) in [6.07, 6.45) is -10.00. The van der Waals surface area contributed by atoms with Gasteiger partial charge in [0.25, 0.3) is 0 Å². The highest BCUT2D eigenvalue weighted by Crippen LogP contribution is 2.65. The van der Waals surface area contributed by atoms with E-state index in [-0.39, 0.29) is 36.8 Å². The zero-order chi connectivity index (χ0) is 29.5. The molecule has 39 heavy (non-hydrogen) atoms. The SMILES string of the molecule is CC1(C)[C@@H]2[C@@H](C(=O)N[C@H](C#N)C[C@H]3C(=O)N[C@H]4C[C@H]43)N(C(=O)[C@@H](NC(=O)C(F)(F)F)C(C)(C)C(F)(F)F)C[C@@H]21. The molecular weight excluding hydrogens is 536 g/mol. The number of rotatable bonds is 7. The van der Waals surface area contributed by atoms with E-state index in [4.69, 9.17) is 0 Å². The predicted octanol–water partition coefficient (Wildman–Crippen LogP) is 1.64. The van der Waals surface area contributed by atoms with Gasteiger partial charge in [0.1, 0.15) is 18.1 Å². The van der Waals surface area contributed by atoms with Crippen LogP contribution in [0, 0.1) is 45.8 Å². The number of nitrogens with zero attached hydrogens (tertiary/aromatic N) is 2. The third-order valence-electron chi connectivity index (χ3n) is 8.98. The zero-order valence-corrected chi connectivity index (χ0v) is 21.5. The van der Waals surface area contributed by atoms with Gasteiger partial charge in [0.15, 0.2) is 0 Å². The van der Waals surface area contributed by atoms with Gasteiger partial charge in [0.2, 0.25) is 17.7 Å². The summed E-state index contributed by atoms with van der Waals surface area (Å²) in [5.41, 5.74) is -3.63. The van der Waals surface area contributed by atoms with Crippen LogP contribution in [0.2, 0.25) is 0 Å². The van der Waals surface area contributed by atoms with Crippen LogP contribution in [-0.2, 0) is 19.2 Å². The number of amides is 4. The molecule has 0 spiro atoms. The molecule has 0 aromatic heterocycles. The van der Waals surface area contributed by atoms with E-state index in [0.29, 0.717) is 13.8 Å². The maximum atomic E-state index is 13.9. The summed E-state index contributed by atoms with van der Waals surface area (Å²) >= 11 is 0. The van der Waals surface area contributed by atoms with Gasteiger partial charge >= 0.3 is 18.3 Å². The van der Waals surface area contributed by atoms with Crippen molar-refractivity contribution in [2.24, 2.45) is 34.5 Å². The number of carbonyl (C=O) groups is 4. The zero-order valence-electron chi connectivity index (χ0n) is 21.5. The van der Waals surface area contributed by atoms with Crippen molar-refractivity contribution in [3.8, 4) is 6.07 Å². The predicted molar refractivity (Wildman–Crippen MR) is 120 cm³/mol. The molecule has 0 aromatic carbocycles. The number of halogens is 6. The summed E-state index contributed by atoms with van der Waals surface area (Å²) < 4.78 is 80.5. The van der Waals surface area contributed by atoms with Crippen molar-refractivity contribution in [3.05, 3.63) is 0 Å². The van der Waals surface area contributed by atoms with E-state index in [1.54, 1.807) is 13.8 Å². The Kier molecular flexibility index (Phi) is 6.67. The van der Waals surface area contributed by atoms with Crippen LogP contribution in [0.15, 0.2) is 0 Å². The van der Waals surface area contributed by atoms with E-state index in [1.165, 1.54) is 5.32 Å². The minimum absolute atomic E-state index is 0.00123. The van der Waals surface area contributed by atoms with Gasteiger partial charge in [-0.2, -0.15) is 31.6 Å². The summed E-state index contributed by atoms with van der Waals surface area (Å²) in [5.74, 6) is -6.63. The number of fused-ring (bicyclic) bond motifs is 2. The Bertz CT molecular complexity index is 1130. The Labute approximate surface area is 220 Å². The second-order valence-corrected chi connectivity index (χ2v) is 12.1. The fraction of sp³-hybridized carbons (Fsp3) is 0.792. The van der Waals surface area contributed by atoms with Gasteiger partial charge < -0.3 is 20.9 Å². The Morgan fingerprint density at radius 3 is 2.26 bits per heavy atom. The van der Waals surface area contributed by atoms with E-state index < -0.39 is 70.9 Å². The van der Waals surface area contributed by atoms with Gasteiger partial charge in [0, 0.05) is 18.5 Å². The third-order valence-corrected chi connectivity index (χ3v) is 8.98. The van der Waals surface area contributed by atoms with E-state index >= 15 is 0 Å². The lowest BCUT2D eigenvalue weighted by Crippen LogP contribution is -2.64. The summed E-state index contributed by atoms with van der Waals surface area (Å²) in [6.45, 7) is 4.33. The highest BCUT2D eigenvalue weighted by Gasteiger charge is 2.70. The van der Waals surface area contributed by atoms with Crippen LogP contribution in [-0.4, -0.2) is 71.6 Å². The van der Waals surface area contributed by atoms with Crippen molar-refractivity contribution in [1.82, 2.24) is 20.9 Å². The van der Waals surface area contributed by atoms with Crippen molar-refractivity contribution in [1.29, 1.82) is 5.26 Å². The number of piperidine rings is 2. The normalized spacial score (nSPS) is 32.2. The lowest BCUT2D eigenvalue weighted by molar-refractivity contribution is -0.225. The van der Waals surface area contributed by atoms with Crippen LogP contribution in [0.25, 0.3) is 0 Å². The monoisotopic (exact) mass is 565 g/mol. The Balaban J connectivity index is 1.58. The molecule has 8 atom stereocenters. The minimum Gasteiger partial charge on any atom is -0.353 e. The number of carbonyl (C=O) groups excluding carboxylic acids is 4. The smallest absolute Gasteiger partial charge is 0.353 e. The Hall–Kier alpha value is -3.05. The van der Waals surface area contributed by atoms with Crippen molar-refractivity contribution in [2.45, 2.75) is 77.1 Å². The molecule has 0 unspecified atom stereocenters. The first kappa shape index (κ1) is 28.9. The first-order valence-corrected chi connectivity index (χ1v) is 12.5. The molecule has 3 N–H and O–H groups in total. The lowest BCUT2D eigenvalue weighted by atomic mass is 9.82. The summed E-state index contributed by atoms with van der Waals surface area (Å²) in [4.78, 5) is 51.4. The molecule has 0 radical (unpaired) electrons. The highest BCUT2D eigenvalue weighted by atomic mass is 19.4. The van der Waals surface area contributed by atoms with Crippen LogP contribution < -0.4 is 16.0 Å². The minimum atomic E-state index is -5.56. The summed E-state index contributed by atoms with van der Waals surface area (Å²) in [7, 11) is 0. The van der Waals surface area contributed by atoms with Gasteiger partial charge in [-0.15, -0.1) is 0 Å². The number of alkyl halides is 6. The molecule has 4 amide bonds. The number of hydrogen-bond donors (Lipinski definition) is 3. The molecule has 2 saturated carbocycles. The summed E-state index contributed by atoms with van der Waals surface area (Å²) in [5, 5.41) is 16.1. The third kappa shape index (κ3) is 4.91. The van der Waals surface area contributed by atoms with E-state index in [0.717, 1.165) is 11.3 Å². The molecule has 2 saturated heterocycles. The standard InChI is InChI=1S/C24H29F6N5O4/c1-21(2)12-8-35(19(38)16(22(3,4)24(28,29)30)34-20(39)23(25,26)27)15(14(12)21)18(37)32-9(7-31)5-11-10-6-13(10)33-17(11)36/h9-16H,5-6,8H2,1-4H3,(H,32,37)(H,33,36)(H,34,39)/t9-,10-,11+,12-,13-,14-,15-,16+/m0/s1. The molecular formula is C24H29F6N5O4. The first-order valence-electron chi connectivity index (χ1n) is 12.5. The lowest BCUT2D eigenvalue weighted by Gasteiger charge is -2.40. The number of nitrogens with one attached hydrogen (secondary N) is 3. The Morgan fingerprint density at radius 2 is 1.77 bits per heavy atom. The van der Waals surface area contributed by atoms with Crippen molar-refractivity contribution >= 4 is 23.6 Å². The molecule has 4 fully saturated rings. The van der Waals surface area contributed by atoms with Gasteiger partial charge in [-0.1, -0.05) is 13.8 Å². The van der Waals surface area contributed by atoms with Crippen LogP contribution >= 0.6 is 0 Å². The van der Waals surface area contributed by atoms with Crippen LogP contribution in [0.3, 0.4) is 0 Å². The second kappa shape index (κ2) is 8.99. The number of likely N-dealkylation sites (tertiary alicyclic amines) is 1. The summed E-state index contributed by atoms with van der Waals surface area (Å²) in [6, 6.07) is -3.26. The van der Waals surface area contributed by atoms with E-state index in [1.807, 2.05) is 6.07 Å². The van der Waals surface area contributed by atoms with Gasteiger partial charge in [-0.3, -0.25) is 19.2 Å². The molecule has 0 aromatic rings. The quantitative estimate of drug-likeness (QED) is 0.404. The largest absolute Gasteiger partial charge is 0.471 e. The molecule has 15 heteroatoms. The molecule has 4 aliphatic rings. The van der Waals surface area contributed by atoms with Crippen LogP contribution in [0.4, 0.5) is 26.3 Å². The fourth-order valence-electron chi connectivity index (χ4n) is 6.15. The van der Waals surface area contributed by atoms with E-state index in [2.05, 4.69) is 10.6 Å². The maximum absolute atomic E-state index is 13.9. The topological polar surface area (TPSA) is 131 Å². The van der Waals surface area contributed by atoms with Gasteiger partial charge in [0.05, 0.1) is 11.5 Å². The maximum Gasteiger partial charge on any atom is 0.471 e. The first-order chi connectivity index (χ1) is 17.7. The van der Waals surface area contributed by atoms with Gasteiger partial charge in [-0.25, -0.2) is 0 Å². The number of nitriles is 1. The number of hydrogen-bond acceptors (Lipinski definition) is 5. The molecule has 2 heterocycles. The van der Waals surface area contributed by atoms with Crippen molar-refractivity contribution in [2.75, 3.05) is 6.54 Å². The fourth-order valence-corrected chi connectivity index (χ4v) is 6.15. The van der Waals surface area contributed by atoms with Crippen molar-refractivity contribution < 1.29 is 45.5 Å². The average molecular weight is 566 g/mol. The molecule has 2 aliphatic carbocycles. The molecule has 2 aliphatic heterocycles. The second-order valence-electron chi connectivity index (χ2n) is 12.1. The van der Waals surface area contributed by atoms with Gasteiger partial charge in [-0.05, 0) is 49.9 Å². The Morgan fingerprint density at radius 1 is 1.15 bits per heavy atom.